The molecule has 2 aromatic rings. The van der Waals surface area contributed by atoms with Crippen LogP contribution in [-0.4, -0.2) is 39.9 Å². The van der Waals surface area contributed by atoms with Gasteiger partial charge in [0.2, 0.25) is 5.91 Å². The summed E-state index contributed by atoms with van der Waals surface area (Å²) in [6, 6.07) is 3.85. The number of hydrogen-bond acceptors (Lipinski definition) is 4. The summed E-state index contributed by atoms with van der Waals surface area (Å²) in [4.78, 5) is 43.8. The molecule has 33 heavy (non-hydrogen) atoms. The number of amides is 3. The van der Waals surface area contributed by atoms with Gasteiger partial charge in [-0.15, -0.1) is 0 Å². The highest BCUT2D eigenvalue weighted by molar-refractivity contribution is 6.34. The summed E-state index contributed by atoms with van der Waals surface area (Å²) >= 11 is 6.19. The number of primary amides is 1. The number of anilines is 1. The number of imidazole rings is 1. The third kappa shape index (κ3) is 4.21. The van der Waals surface area contributed by atoms with E-state index in [0.717, 1.165) is 0 Å². The molecule has 1 aliphatic heterocycles. The fourth-order valence-corrected chi connectivity index (χ4v) is 5.30. The van der Waals surface area contributed by atoms with Crippen molar-refractivity contribution in [1.82, 2.24) is 14.9 Å². The Labute approximate surface area is 196 Å². The molecule has 1 spiro atoms. The normalized spacial score (nSPS) is 22.9. The van der Waals surface area contributed by atoms with Gasteiger partial charge in [-0.1, -0.05) is 11.6 Å². The SMILES string of the molecule is CC(C)NC(=O)c1ncn(C2CCC3(CC2)CCN(c2ccc(F)cc2Cl)C3=O)c1C(N)=O. The zero-order valence-electron chi connectivity index (χ0n) is 18.6. The molecule has 8 nitrogen and oxygen atoms in total. The van der Waals surface area contributed by atoms with E-state index in [1.54, 1.807) is 9.47 Å². The zero-order valence-corrected chi connectivity index (χ0v) is 19.4. The van der Waals surface area contributed by atoms with Crippen molar-refractivity contribution in [1.29, 1.82) is 0 Å². The molecular weight excluding hydrogens is 449 g/mol. The first-order valence-corrected chi connectivity index (χ1v) is 11.5. The van der Waals surface area contributed by atoms with E-state index in [9.17, 15) is 18.8 Å². The van der Waals surface area contributed by atoms with Gasteiger partial charge in [0.05, 0.1) is 22.5 Å². The average Bonchev–Trinajstić information content (AvgIpc) is 3.32. The predicted octanol–water partition coefficient (Wildman–Crippen LogP) is 3.45. The van der Waals surface area contributed by atoms with Crippen LogP contribution in [0.1, 0.15) is 73.0 Å². The molecule has 10 heteroatoms. The Morgan fingerprint density at radius 2 is 1.97 bits per heavy atom. The Bertz CT molecular complexity index is 1110. The van der Waals surface area contributed by atoms with E-state index >= 15 is 0 Å². The minimum absolute atomic E-state index is 0.00721. The van der Waals surface area contributed by atoms with Crippen LogP contribution in [-0.2, 0) is 4.79 Å². The summed E-state index contributed by atoms with van der Waals surface area (Å²) < 4.78 is 15.1. The fraction of sp³-hybridized carbons (Fsp3) is 0.478. The van der Waals surface area contributed by atoms with Gasteiger partial charge < -0.3 is 20.5 Å². The van der Waals surface area contributed by atoms with Crippen LogP contribution in [0.4, 0.5) is 10.1 Å². The van der Waals surface area contributed by atoms with Gasteiger partial charge in [0.25, 0.3) is 11.8 Å². The van der Waals surface area contributed by atoms with Crippen LogP contribution < -0.4 is 16.0 Å². The zero-order chi connectivity index (χ0) is 23.9. The Balaban J connectivity index is 1.51. The lowest BCUT2D eigenvalue weighted by Crippen LogP contribution is -2.38. The largest absolute Gasteiger partial charge is 0.364 e. The van der Waals surface area contributed by atoms with Crippen LogP contribution in [0.3, 0.4) is 0 Å². The molecule has 2 heterocycles. The summed E-state index contributed by atoms with van der Waals surface area (Å²) in [5, 5.41) is 2.95. The predicted molar refractivity (Wildman–Crippen MR) is 122 cm³/mol. The number of aromatic nitrogens is 2. The molecule has 4 rings (SSSR count). The van der Waals surface area contributed by atoms with Gasteiger partial charge in [0, 0.05) is 18.6 Å². The molecule has 2 aliphatic rings. The minimum Gasteiger partial charge on any atom is -0.364 e. The van der Waals surface area contributed by atoms with Gasteiger partial charge in [-0.2, -0.15) is 0 Å². The van der Waals surface area contributed by atoms with Gasteiger partial charge in [0.15, 0.2) is 5.69 Å². The van der Waals surface area contributed by atoms with E-state index in [0.29, 0.717) is 44.3 Å². The van der Waals surface area contributed by atoms with Crippen molar-refractivity contribution in [3.8, 4) is 0 Å². The molecule has 1 aliphatic carbocycles. The molecule has 0 bridgehead atoms. The Hall–Kier alpha value is -2.94. The van der Waals surface area contributed by atoms with Crippen LogP contribution in [0.15, 0.2) is 24.5 Å². The third-order valence-corrected chi connectivity index (χ3v) is 6.98. The van der Waals surface area contributed by atoms with Gasteiger partial charge in [-0.25, -0.2) is 9.37 Å². The molecule has 1 aromatic heterocycles. The second-order valence-corrected chi connectivity index (χ2v) is 9.56. The molecular formula is C23H27ClFN5O3. The van der Waals surface area contributed by atoms with Crippen molar-refractivity contribution in [3.63, 3.8) is 0 Å². The number of nitrogens with two attached hydrogens (primary N) is 1. The van der Waals surface area contributed by atoms with E-state index in [1.807, 2.05) is 13.8 Å². The van der Waals surface area contributed by atoms with Crippen molar-refractivity contribution in [3.05, 3.63) is 46.8 Å². The van der Waals surface area contributed by atoms with Crippen molar-refractivity contribution in [2.45, 2.75) is 58.0 Å². The Morgan fingerprint density at radius 3 is 2.58 bits per heavy atom. The van der Waals surface area contributed by atoms with Gasteiger partial charge in [-0.05, 0) is 64.2 Å². The van der Waals surface area contributed by atoms with Crippen LogP contribution in [0.25, 0.3) is 0 Å². The van der Waals surface area contributed by atoms with E-state index in [4.69, 9.17) is 17.3 Å². The molecule has 176 valence electrons. The lowest BCUT2D eigenvalue weighted by Gasteiger charge is -2.36. The minimum atomic E-state index is -0.712. The van der Waals surface area contributed by atoms with E-state index in [1.165, 1.54) is 24.5 Å². The Kier molecular flexibility index (Phi) is 6.18. The van der Waals surface area contributed by atoms with Crippen molar-refractivity contribution in [2.24, 2.45) is 11.1 Å². The number of nitrogens with zero attached hydrogens (tertiary/aromatic N) is 3. The lowest BCUT2D eigenvalue weighted by atomic mass is 9.71. The maximum atomic E-state index is 13.4. The molecule has 2 fully saturated rings. The molecule has 1 saturated heterocycles. The number of nitrogens with one attached hydrogen (secondary N) is 1. The standard InChI is InChI=1S/C23H27ClFN5O3/c1-13(2)28-21(32)18-19(20(26)31)30(12-27-18)15-5-7-23(8-6-15)9-10-29(22(23)33)17-4-3-14(25)11-16(17)24/h3-4,11-13,15H,5-10H2,1-2H3,(H2,26,31)(H,28,32). The number of benzene rings is 1. The smallest absolute Gasteiger partial charge is 0.272 e. The molecule has 0 radical (unpaired) electrons. The van der Waals surface area contributed by atoms with E-state index in [2.05, 4.69) is 10.3 Å². The van der Waals surface area contributed by atoms with Crippen LogP contribution in [0.2, 0.25) is 5.02 Å². The maximum Gasteiger partial charge on any atom is 0.272 e. The van der Waals surface area contributed by atoms with E-state index < -0.39 is 23.0 Å². The quantitative estimate of drug-likeness (QED) is 0.689. The van der Waals surface area contributed by atoms with Crippen molar-refractivity contribution < 1.29 is 18.8 Å². The number of hydrogen-bond donors (Lipinski definition) is 2. The first kappa shape index (κ1) is 23.2. The Morgan fingerprint density at radius 1 is 1.27 bits per heavy atom. The molecule has 3 N–H and O–H groups in total. The third-order valence-electron chi connectivity index (χ3n) is 6.68. The molecule has 1 saturated carbocycles. The maximum absolute atomic E-state index is 13.4. The fourth-order valence-electron chi connectivity index (χ4n) is 5.03. The first-order valence-electron chi connectivity index (χ1n) is 11.1. The van der Waals surface area contributed by atoms with Crippen molar-refractivity contribution in [2.75, 3.05) is 11.4 Å². The van der Waals surface area contributed by atoms with Crippen LogP contribution in [0.5, 0.6) is 0 Å². The van der Waals surface area contributed by atoms with Crippen LogP contribution >= 0.6 is 11.6 Å². The summed E-state index contributed by atoms with van der Waals surface area (Å²) in [5.74, 6) is -1.61. The topological polar surface area (TPSA) is 110 Å². The summed E-state index contributed by atoms with van der Waals surface area (Å²) in [6.07, 6.45) is 4.68. The van der Waals surface area contributed by atoms with Crippen LogP contribution in [0, 0.1) is 11.2 Å². The summed E-state index contributed by atoms with van der Waals surface area (Å²) in [6.45, 7) is 4.16. The highest BCUT2D eigenvalue weighted by Gasteiger charge is 2.49. The summed E-state index contributed by atoms with van der Waals surface area (Å²) in [7, 11) is 0. The number of rotatable bonds is 5. The van der Waals surface area contributed by atoms with Gasteiger partial charge in [0.1, 0.15) is 11.5 Å². The highest BCUT2D eigenvalue weighted by Crippen LogP contribution is 2.49. The van der Waals surface area contributed by atoms with Crippen molar-refractivity contribution >= 4 is 35.0 Å². The number of carbonyl (C=O) groups is 3. The monoisotopic (exact) mass is 475 g/mol. The molecule has 3 amide bonds. The molecule has 0 unspecified atom stereocenters. The second kappa shape index (κ2) is 8.78. The second-order valence-electron chi connectivity index (χ2n) is 9.16. The summed E-state index contributed by atoms with van der Waals surface area (Å²) in [5.41, 5.74) is 5.72. The average molecular weight is 476 g/mol. The van der Waals surface area contributed by atoms with Gasteiger partial charge in [-0.3, -0.25) is 14.4 Å². The van der Waals surface area contributed by atoms with Gasteiger partial charge >= 0.3 is 0 Å². The first-order chi connectivity index (χ1) is 15.6. The van der Waals surface area contributed by atoms with E-state index in [-0.39, 0.29) is 34.4 Å². The highest BCUT2D eigenvalue weighted by atomic mass is 35.5. The number of halogens is 2. The molecule has 0 atom stereocenters. The molecule has 1 aromatic carbocycles. The lowest BCUT2D eigenvalue weighted by molar-refractivity contribution is -0.127. The number of carbonyl (C=O) groups excluding carboxylic acids is 3.